The molecule has 0 bridgehead atoms. The molecular weight excluding hydrogens is 336 g/mol. The molecule has 0 aliphatic carbocycles. The van der Waals surface area contributed by atoms with Crippen molar-refractivity contribution >= 4 is 37.8 Å². The molecule has 0 aliphatic rings. The lowest BCUT2D eigenvalue weighted by atomic mass is 10.3. The molecule has 0 atom stereocenters. The highest BCUT2D eigenvalue weighted by atomic mass is 79.9. The third kappa shape index (κ3) is 5.17. The van der Waals surface area contributed by atoms with Crippen LogP contribution in [0.2, 0.25) is 0 Å². The molecule has 0 saturated heterocycles. The first-order chi connectivity index (χ1) is 8.85. The van der Waals surface area contributed by atoms with E-state index in [1.54, 1.807) is 24.3 Å². The summed E-state index contributed by atoms with van der Waals surface area (Å²) in [5.74, 6) is -0.454. The number of carbonyl (C=O) groups excluding carboxylic acids is 1. The number of ether oxygens (including phenoxy) is 1. The van der Waals surface area contributed by atoms with Crippen molar-refractivity contribution in [2.24, 2.45) is 0 Å². The number of halogens is 1. The normalized spacial score (nSPS) is 11.4. The summed E-state index contributed by atoms with van der Waals surface area (Å²) < 4.78 is 32.6. The number of methoxy groups -OCH3 is 1. The summed E-state index contributed by atoms with van der Waals surface area (Å²) in [4.78, 5) is 11.0. The molecule has 19 heavy (non-hydrogen) atoms. The largest absolute Gasteiger partial charge is 0.469 e. The summed E-state index contributed by atoms with van der Waals surface area (Å²) in [6, 6.07) is 6.79. The van der Waals surface area contributed by atoms with E-state index < -0.39 is 16.2 Å². The van der Waals surface area contributed by atoms with Gasteiger partial charge in [0.1, 0.15) is 0 Å². The highest BCUT2D eigenvalue weighted by Gasteiger charge is 2.18. The molecule has 8 heteroatoms. The number of hydrogen-bond donors (Lipinski definition) is 1. The lowest BCUT2D eigenvalue weighted by molar-refractivity contribution is -0.140. The zero-order valence-electron chi connectivity index (χ0n) is 10.6. The molecule has 0 unspecified atom stereocenters. The molecule has 0 spiro atoms. The Hall–Kier alpha value is -1.12. The topological polar surface area (TPSA) is 75.7 Å². The number of anilines is 1. The van der Waals surface area contributed by atoms with Crippen molar-refractivity contribution in [3.05, 3.63) is 28.7 Å². The molecule has 1 aromatic carbocycles. The Morgan fingerprint density at radius 3 is 2.74 bits per heavy atom. The van der Waals surface area contributed by atoms with Crippen LogP contribution in [0, 0.1) is 0 Å². The van der Waals surface area contributed by atoms with Crippen molar-refractivity contribution in [2.45, 2.75) is 6.42 Å². The van der Waals surface area contributed by atoms with E-state index in [-0.39, 0.29) is 13.0 Å². The van der Waals surface area contributed by atoms with E-state index in [0.29, 0.717) is 5.69 Å². The number of rotatable bonds is 6. The first-order valence-electron chi connectivity index (χ1n) is 5.41. The number of nitrogens with zero attached hydrogens (tertiary/aromatic N) is 1. The van der Waals surface area contributed by atoms with Gasteiger partial charge in [0.25, 0.3) is 0 Å². The van der Waals surface area contributed by atoms with Crippen LogP contribution in [0.15, 0.2) is 28.7 Å². The maximum Gasteiger partial charge on any atom is 0.306 e. The molecule has 0 amide bonds. The molecule has 0 radical (unpaired) electrons. The second-order valence-corrected chi connectivity index (χ2v) is 6.46. The minimum absolute atomic E-state index is 0.00634. The zero-order valence-corrected chi connectivity index (χ0v) is 13.0. The van der Waals surface area contributed by atoms with Gasteiger partial charge in [0.05, 0.1) is 19.2 Å². The predicted molar refractivity (Wildman–Crippen MR) is 75.9 cm³/mol. The Balaban J connectivity index is 2.67. The molecule has 0 aliphatic heterocycles. The number of hydrogen-bond acceptors (Lipinski definition) is 4. The Bertz CT molecular complexity index is 547. The van der Waals surface area contributed by atoms with E-state index in [1.807, 2.05) is 0 Å². The molecule has 1 rings (SSSR count). The van der Waals surface area contributed by atoms with Gasteiger partial charge in [0.15, 0.2) is 0 Å². The van der Waals surface area contributed by atoms with Crippen LogP contribution in [0.1, 0.15) is 6.42 Å². The lowest BCUT2D eigenvalue weighted by Crippen LogP contribution is -2.34. The minimum atomic E-state index is -3.68. The molecule has 106 valence electrons. The van der Waals surface area contributed by atoms with Gasteiger partial charge in [-0.25, -0.2) is 0 Å². The summed E-state index contributed by atoms with van der Waals surface area (Å²) in [7, 11) is -1.03. The molecule has 0 aromatic heterocycles. The van der Waals surface area contributed by atoms with Crippen molar-refractivity contribution in [3.63, 3.8) is 0 Å². The third-order valence-corrected chi connectivity index (χ3v) is 4.33. The van der Waals surface area contributed by atoms with Crippen LogP contribution in [0.5, 0.6) is 0 Å². The second kappa shape index (κ2) is 6.88. The molecule has 1 aromatic rings. The Kier molecular flexibility index (Phi) is 5.77. The fourth-order valence-electron chi connectivity index (χ4n) is 1.25. The van der Waals surface area contributed by atoms with Crippen molar-refractivity contribution in [1.29, 1.82) is 0 Å². The summed E-state index contributed by atoms with van der Waals surface area (Å²) in [6.45, 7) is 0.0516. The Morgan fingerprint density at radius 1 is 1.47 bits per heavy atom. The smallest absolute Gasteiger partial charge is 0.306 e. The number of esters is 1. The van der Waals surface area contributed by atoms with Crippen molar-refractivity contribution in [3.8, 4) is 0 Å². The fourth-order valence-corrected chi connectivity index (χ4v) is 2.56. The van der Waals surface area contributed by atoms with E-state index in [4.69, 9.17) is 0 Å². The molecule has 0 heterocycles. The predicted octanol–water partition coefficient (Wildman–Crippen LogP) is 1.60. The Morgan fingerprint density at radius 2 is 2.16 bits per heavy atom. The third-order valence-electron chi connectivity index (χ3n) is 2.34. The summed E-state index contributed by atoms with van der Waals surface area (Å²) >= 11 is 3.26. The second-order valence-electron chi connectivity index (χ2n) is 3.77. The van der Waals surface area contributed by atoms with E-state index >= 15 is 0 Å². The van der Waals surface area contributed by atoms with Crippen molar-refractivity contribution in [1.82, 2.24) is 4.31 Å². The highest BCUT2D eigenvalue weighted by molar-refractivity contribution is 9.10. The molecule has 6 nitrogen and oxygen atoms in total. The van der Waals surface area contributed by atoms with Crippen LogP contribution in [-0.4, -0.2) is 39.4 Å². The summed E-state index contributed by atoms with van der Waals surface area (Å²) in [5.41, 5.74) is 0.444. The highest BCUT2D eigenvalue weighted by Crippen LogP contribution is 2.17. The van der Waals surface area contributed by atoms with Gasteiger partial charge in [0.2, 0.25) is 0 Å². The lowest BCUT2D eigenvalue weighted by Gasteiger charge is -2.17. The average molecular weight is 351 g/mol. The van der Waals surface area contributed by atoms with E-state index in [1.165, 1.54) is 14.2 Å². The van der Waals surface area contributed by atoms with Gasteiger partial charge < -0.3 is 4.74 Å². The first-order valence-corrected chi connectivity index (χ1v) is 7.65. The van der Waals surface area contributed by atoms with Gasteiger partial charge in [-0.05, 0) is 18.2 Å². The van der Waals surface area contributed by atoms with Crippen LogP contribution in [-0.2, 0) is 19.7 Å². The Labute approximate surface area is 121 Å². The van der Waals surface area contributed by atoms with Crippen molar-refractivity contribution in [2.75, 3.05) is 25.4 Å². The van der Waals surface area contributed by atoms with E-state index in [9.17, 15) is 13.2 Å². The van der Waals surface area contributed by atoms with Gasteiger partial charge in [-0.15, -0.1) is 0 Å². The molecule has 0 fully saturated rings. The van der Waals surface area contributed by atoms with Gasteiger partial charge in [-0.3, -0.25) is 9.52 Å². The average Bonchev–Trinajstić information content (AvgIpc) is 2.34. The van der Waals surface area contributed by atoms with Crippen LogP contribution in [0.4, 0.5) is 5.69 Å². The fraction of sp³-hybridized carbons (Fsp3) is 0.364. The number of benzene rings is 1. The molecular formula is C11H15BrN2O4S. The maximum atomic E-state index is 12.0. The van der Waals surface area contributed by atoms with Gasteiger partial charge in [-0.1, -0.05) is 22.0 Å². The maximum absolute atomic E-state index is 12.0. The quantitative estimate of drug-likeness (QED) is 0.790. The summed E-state index contributed by atoms with van der Waals surface area (Å²) in [5, 5.41) is 0. The van der Waals surface area contributed by atoms with Crippen LogP contribution < -0.4 is 4.72 Å². The van der Waals surface area contributed by atoms with E-state index in [2.05, 4.69) is 25.4 Å². The standard InChI is InChI=1S/C11H15BrN2O4S/c1-14(7-6-11(15)18-2)19(16,17)13-10-5-3-4-9(12)8-10/h3-5,8,13H,6-7H2,1-2H3. The first kappa shape index (κ1) is 15.9. The van der Waals surface area contributed by atoms with Crippen LogP contribution in [0.25, 0.3) is 0 Å². The minimum Gasteiger partial charge on any atom is -0.469 e. The number of nitrogens with one attached hydrogen (secondary N) is 1. The van der Waals surface area contributed by atoms with Gasteiger partial charge >= 0.3 is 16.2 Å². The van der Waals surface area contributed by atoms with Crippen LogP contribution >= 0.6 is 15.9 Å². The van der Waals surface area contributed by atoms with Gasteiger partial charge in [-0.2, -0.15) is 12.7 Å². The zero-order chi connectivity index (χ0) is 14.5. The van der Waals surface area contributed by atoms with Crippen LogP contribution in [0.3, 0.4) is 0 Å². The van der Waals surface area contributed by atoms with Gasteiger partial charge in [0, 0.05) is 18.1 Å². The van der Waals surface area contributed by atoms with Crippen molar-refractivity contribution < 1.29 is 17.9 Å². The van der Waals surface area contributed by atoms with E-state index in [0.717, 1.165) is 8.78 Å². The summed E-state index contributed by atoms with van der Waals surface area (Å²) in [6.07, 6.45) is 0.00634. The SMILES string of the molecule is COC(=O)CCN(C)S(=O)(=O)Nc1cccc(Br)c1. The number of carbonyl (C=O) groups is 1. The molecule has 0 saturated carbocycles. The monoisotopic (exact) mass is 350 g/mol. The molecule has 1 N–H and O–H groups in total.